The van der Waals surface area contributed by atoms with E-state index in [1.165, 1.54) is 11.5 Å². The van der Waals surface area contributed by atoms with Crippen molar-refractivity contribution >= 4 is 0 Å². The van der Waals surface area contributed by atoms with Crippen molar-refractivity contribution in [3.8, 4) is 0 Å². The maximum absolute atomic E-state index is 3.12. The molecular weight excluding hydrogens is 138 g/mol. The molecule has 0 unspecified atom stereocenters. The summed E-state index contributed by atoms with van der Waals surface area (Å²) >= 11 is 0. The molecule has 0 amide bonds. The first-order chi connectivity index (χ1) is 5.00. The van der Waals surface area contributed by atoms with Gasteiger partial charge in [0.15, 0.2) is 0 Å². The van der Waals surface area contributed by atoms with Gasteiger partial charge in [0.05, 0.1) is 0 Å². The average molecular weight is 157 g/mol. The predicted molar refractivity (Wildman–Crippen MR) is 49.1 cm³/mol. The van der Waals surface area contributed by atoms with Crippen molar-refractivity contribution in [2.45, 2.75) is 6.92 Å². The second kappa shape index (κ2) is 4.11. The lowest BCUT2D eigenvalue weighted by Gasteiger charge is -2.26. The average Bonchev–Trinajstić information content (AvgIpc) is 1.85. The van der Waals surface area contributed by atoms with Gasteiger partial charge in [-0.3, -0.25) is 0 Å². The summed E-state index contributed by atoms with van der Waals surface area (Å²) in [4.78, 5) is 4.18. The highest BCUT2D eigenvalue weighted by Crippen LogP contribution is 2.05. The van der Waals surface area contributed by atoms with Crippen LogP contribution in [0.5, 0.6) is 0 Å². The second-order valence-corrected chi connectivity index (χ2v) is 2.99. The van der Waals surface area contributed by atoms with E-state index in [-0.39, 0.29) is 0 Å². The Morgan fingerprint density at radius 2 is 1.36 bits per heavy atom. The topological polar surface area (TPSA) is 18.5 Å². The highest BCUT2D eigenvalue weighted by atomic mass is 15.3. The van der Waals surface area contributed by atoms with Crippen molar-refractivity contribution < 1.29 is 0 Å². The maximum atomic E-state index is 3.12. The molecule has 0 aliphatic rings. The number of hydrogen-bond acceptors (Lipinski definition) is 3. The molecule has 0 rings (SSSR count). The van der Waals surface area contributed by atoms with Crippen LogP contribution in [0, 0.1) is 0 Å². The van der Waals surface area contributed by atoms with E-state index in [1.807, 2.05) is 35.2 Å². The van der Waals surface area contributed by atoms with Crippen LogP contribution in [0.4, 0.5) is 0 Å². The summed E-state index contributed by atoms with van der Waals surface area (Å²) in [5.74, 6) is 1.20. The minimum Gasteiger partial charge on any atom is -0.389 e. The van der Waals surface area contributed by atoms with Gasteiger partial charge in [-0.25, -0.2) is 0 Å². The lowest BCUT2D eigenvalue weighted by Crippen LogP contribution is -2.28. The van der Waals surface area contributed by atoms with Gasteiger partial charge in [-0.2, -0.15) is 0 Å². The number of nitrogens with zero attached hydrogens (tertiary/aromatic N) is 2. The van der Waals surface area contributed by atoms with Crippen LogP contribution in [0.15, 0.2) is 11.5 Å². The summed E-state index contributed by atoms with van der Waals surface area (Å²) in [5.41, 5.74) is 1.18. The molecule has 1 N–H and O–H groups in total. The lowest BCUT2D eigenvalue weighted by atomic mass is 10.4. The van der Waals surface area contributed by atoms with Crippen LogP contribution in [-0.4, -0.2) is 45.0 Å². The molecule has 0 atom stereocenters. The minimum atomic E-state index is 1.18. The lowest BCUT2D eigenvalue weighted by molar-refractivity contribution is 0.332. The van der Waals surface area contributed by atoms with Crippen LogP contribution in [-0.2, 0) is 0 Å². The Kier molecular flexibility index (Phi) is 3.79. The molecule has 0 saturated carbocycles. The van der Waals surface area contributed by atoms with Gasteiger partial charge in [0.1, 0.15) is 5.82 Å². The molecule has 0 aliphatic carbocycles. The molecule has 3 nitrogen and oxygen atoms in total. The van der Waals surface area contributed by atoms with Crippen LogP contribution in [0.25, 0.3) is 0 Å². The van der Waals surface area contributed by atoms with Crippen LogP contribution in [0.1, 0.15) is 6.92 Å². The Morgan fingerprint density at radius 1 is 1.00 bits per heavy atom. The largest absolute Gasteiger partial charge is 0.389 e. The van der Waals surface area contributed by atoms with E-state index < -0.39 is 0 Å². The number of hydrogen-bond donors (Lipinski definition) is 1. The van der Waals surface area contributed by atoms with E-state index in [2.05, 4.69) is 22.0 Å². The smallest absolute Gasteiger partial charge is 0.122 e. The van der Waals surface area contributed by atoms with Crippen LogP contribution < -0.4 is 5.32 Å². The maximum Gasteiger partial charge on any atom is 0.122 e. The normalized spacial score (nSPS) is 8.91. The van der Waals surface area contributed by atoms with E-state index in [9.17, 15) is 0 Å². The van der Waals surface area contributed by atoms with Crippen molar-refractivity contribution in [2.24, 2.45) is 0 Å². The fourth-order valence-electron chi connectivity index (χ4n) is 1.18. The minimum absolute atomic E-state index is 1.18. The fourth-order valence-corrected chi connectivity index (χ4v) is 1.18. The fraction of sp³-hybridized carbons (Fsp3) is 0.750. The van der Waals surface area contributed by atoms with Crippen molar-refractivity contribution in [3.05, 3.63) is 11.5 Å². The quantitative estimate of drug-likeness (QED) is 0.644. The first-order valence-corrected chi connectivity index (χ1v) is 3.74. The summed E-state index contributed by atoms with van der Waals surface area (Å²) in [5, 5.41) is 3.12. The van der Waals surface area contributed by atoms with Gasteiger partial charge >= 0.3 is 0 Å². The first-order valence-electron chi connectivity index (χ1n) is 3.74. The number of nitrogens with one attached hydrogen (secondary N) is 1. The molecule has 0 aromatic rings. The standard InChI is InChI=1S/C8H19N3/c1-7(9-2)8(10(3)4)11(5)6/h9H,1-6H3. The highest BCUT2D eigenvalue weighted by molar-refractivity contribution is 5.05. The molecule has 0 bridgehead atoms. The summed E-state index contributed by atoms with van der Waals surface area (Å²) in [6, 6.07) is 0. The van der Waals surface area contributed by atoms with E-state index in [0.717, 1.165) is 0 Å². The van der Waals surface area contributed by atoms with Gasteiger partial charge in [0.2, 0.25) is 0 Å². The molecule has 66 valence electrons. The summed E-state index contributed by atoms with van der Waals surface area (Å²) in [6.45, 7) is 2.06. The Labute approximate surface area is 69.7 Å². The van der Waals surface area contributed by atoms with Crippen molar-refractivity contribution in [1.29, 1.82) is 0 Å². The van der Waals surface area contributed by atoms with Gasteiger partial charge in [0.25, 0.3) is 0 Å². The molecule has 0 aliphatic heterocycles. The second-order valence-electron chi connectivity index (χ2n) is 2.99. The predicted octanol–water partition coefficient (Wildman–Crippen LogP) is 0.518. The number of allylic oxidation sites excluding steroid dienone is 1. The molecule has 11 heavy (non-hydrogen) atoms. The van der Waals surface area contributed by atoms with E-state index in [1.54, 1.807) is 0 Å². The summed E-state index contributed by atoms with van der Waals surface area (Å²) < 4.78 is 0. The van der Waals surface area contributed by atoms with E-state index >= 15 is 0 Å². The Balaban J connectivity index is 4.58. The third-order valence-electron chi connectivity index (χ3n) is 1.56. The van der Waals surface area contributed by atoms with E-state index in [4.69, 9.17) is 0 Å². The molecule has 0 aromatic carbocycles. The molecule has 3 heteroatoms. The van der Waals surface area contributed by atoms with Crippen molar-refractivity contribution in [3.63, 3.8) is 0 Å². The third kappa shape index (κ3) is 2.70. The molecular formula is C8H19N3. The van der Waals surface area contributed by atoms with Crippen LogP contribution in [0.3, 0.4) is 0 Å². The van der Waals surface area contributed by atoms with Crippen LogP contribution >= 0.6 is 0 Å². The molecule has 0 fully saturated rings. The van der Waals surface area contributed by atoms with Gasteiger partial charge in [-0.15, -0.1) is 0 Å². The van der Waals surface area contributed by atoms with Gasteiger partial charge in [-0.1, -0.05) is 0 Å². The summed E-state index contributed by atoms with van der Waals surface area (Å²) in [6.07, 6.45) is 0. The zero-order valence-electron chi connectivity index (χ0n) is 8.39. The SMILES string of the molecule is CNC(C)=C(N(C)C)N(C)C. The van der Waals surface area contributed by atoms with Crippen LogP contribution in [0.2, 0.25) is 0 Å². The Hall–Kier alpha value is -0.860. The molecule has 0 aromatic heterocycles. The Morgan fingerprint density at radius 3 is 1.45 bits per heavy atom. The molecule has 0 radical (unpaired) electrons. The highest BCUT2D eigenvalue weighted by Gasteiger charge is 2.04. The zero-order chi connectivity index (χ0) is 9.02. The summed E-state index contributed by atoms with van der Waals surface area (Å²) in [7, 11) is 10.1. The molecule has 0 heterocycles. The molecule has 0 spiro atoms. The zero-order valence-corrected chi connectivity index (χ0v) is 8.39. The van der Waals surface area contributed by atoms with Crippen molar-refractivity contribution in [1.82, 2.24) is 15.1 Å². The van der Waals surface area contributed by atoms with Gasteiger partial charge < -0.3 is 15.1 Å². The Bertz CT molecular complexity index is 137. The van der Waals surface area contributed by atoms with Gasteiger partial charge in [-0.05, 0) is 6.92 Å². The van der Waals surface area contributed by atoms with Crippen molar-refractivity contribution in [2.75, 3.05) is 35.2 Å². The third-order valence-corrected chi connectivity index (χ3v) is 1.56. The van der Waals surface area contributed by atoms with E-state index in [0.29, 0.717) is 0 Å². The van der Waals surface area contributed by atoms with Gasteiger partial charge in [0, 0.05) is 40.9 Å². The molecule has 0 saturated heterocycles. The first kappa shape index (κ1) is 10.1. The number of rotatable bonds is 3. The monoisotopic (exact) mass is 157 g/mol.